The normalized spacial score (nSPS) is 15.5. The second-order valence-electron chi connectivity index (χ2n) is 11.7. The number of benzene rings is 2. The number of methoxy groups -OCH3 is 1. The third-order valence-electron chi connectivity index (χ3n) is 9.02. The highest BCUT2D eigenvalue weighted by Crippen LogP contribution is 2.43. The predicted octanol–water partition coefficient (Wildman–Crippen LogP) is 3.89. The van der Waals surface area contributed by atoms with Crippen LogP contribution in [0.25, 0.3) is 22.0 Å². The zero-order chi connectivity index (χ0) is 27.3. The lowest BCUT2D eigenvalue weighted by Crippen LogP contribution is -3.00. The van der Waals surface area contributed by atoms with Crippen molar-refractivity contribution in [1.82, 2.24) is 4.90 Å². The van der Waals surface area contributed by atoms with Crippen molar-refractivity contribution < 1.29 is 31.2 Å². The minimum Gasteiger partial charge on any atom is -1.00 e. The fourth-order valence-corrected chi connectivity index (χ4v) is 6.87. The molecule has 1 aromatic heterocycles. The topological polar surface area (TPSA) is 46.8 Å². The highest BCUT2D eigenvalue weighted by Gasteiger charge is 2.32. The summed E-state index contributed by atoms with van der Waals surface area (Å²) < 4.78 is 19.9. The van der Waals surface area contributed by atoms with Crippen molar-refractivity contribution in [3.63, 3.8) is 0 Å². The molecule has 3 aliphatic rings. The molecule has 0 atom stereocenters. The molecule has 2 aromatic carbocycles. The number of nitrogens with zero attached hydrogens (tertiary/aromatic N) is 2. The molecule has 0 bridgehead atoms. The maximum atomic E-state index is 5.90. The van der Waals surface area contributed by atoms with Crippen LogP contribution in [0.1, 0.15) is 75.8 Å². The molecule has 1 N–H and O–H groups in total. The van der Waals surface area contributed by atoms with E-state index in [4.69, 9.17) is 14.2 Å². The molecule has 41 heavy (non-hydrogen) atoms. The van der Waals surface area contributed by atoms with Gasteiger partial charge in [-0.3, -0.25) is 0 Å². The summed E-state index contributed by atoms with van der Waals surface area (Å²) in [6, 6.07) is 8.88. The van der Waals surface area contributed by atoms with E-state index in [2.05, 4.69) is 52.2 Å². The minimum absolute atomic E-state index is 0. The van der Waals surface area contributed by atoms with Crippen LogP contribution < -0.4 is 36.5 Å². The highest BCUT2D eigenvalue weighted by molar-refractivity contribution is 6.00. The Bertz CT molecular complexity index is 1340. The van der Waals surface area contributed by atoms with Gasteiger partial charge in [-0.1, -0.05) is 39.0 Å². The molecule has 222 valence electrons. The molecule has 7 heteroatoms. The Morgan fingerprint density at radius 1 is 0.951 bits per heavy atom. The number of ether oxygens (including phenoxy) is 3. The summed E-state index contributed by atoms with van der Waals surface area (Å²) in [6.07, 6.45) is 16.1. The van der Waals surface area contributed by atoms with Gasteiger partial charge in [-0.25, -0.2) is 0 Å². The number of likely N-dealkylation sites (tertiary alicyclic amines) is 1. The van der Waals surface area contributed by atoms with Crippen LogP contribution in [0, 0.1) is 0 Å². The summed E-state index contributed by atoms with van der Waals surface area (Å²) in [5.74, 6) is 2.68. The molecule has 6 nitrogen and oxygen atoms in total. The number of hydrogen-bond acceptors (Lipinski definition) is 5. The van der Waals surface area contributed by atoms with E-state index in [-0.39, 0.29) is 12.4 Å². The van der Waals surface area contributed by atoms with Crippen LogP contribution in [-0.2, 0) is 19.4 Å². The smallest absolute Gasteiger partial charge is 0.231 e. The zero-order valence-corrected chi connectivity index (χ0v) is 25.7. The van der Waals surface area contributed by atoms with Crippen molar-refractivity contribution in [1.29, 1.82) is 0 Å². The van der Waals surface area contributed by atoms with E-state index in [1.807, 2.05) is 0 Å². The Kier molecular flexibility index (Phi) is 10.2. The van der Waals surface area contributed by atoms with Gasteiger partial charge in [0.2, 0.25) is 12.5 Å². The Hall–Kier alpha value is -2.70. The van der Waals surface area contributed by atoms with Gasteiger partial charge in [0.25, 0.3) is 0 Å². The van der Waals surface area contributed by atoms with E-state index < -0.39 is 0 Å². The standard InChI is InChI=1S/C34H45N3O3.ClH/c1-3-4-5-6-7-8-12-27-26-13-14-30(38-2)33(35-16-11-19-36-17-9-10-18-36)29(26)23-37-20-15-25-21-31-32(40-24-39-31)22-28(25)34(27)37;/h13-14,21-23H,3-12,15-20,24H2,1-2H3;1H. The average Bonchev–Trinajstić information content (AvgIpc) is 3.67. The SMILES string of the molecule is CCCCCCCCc1c2[n+](cc3c(NCCCN4CCCC4)c(OC)ccc13)CCc1cc3c(cc1-2)OCO3.[Cl-]. The van der Waals surface area contributed by atoms with Gasteiger partial charge in [0.1, 0.15) is 5.75 Å². The summed E-state index contributed by atoms with van der Waals surface area (Å²) in [4.78, 5) is 2.59. The maximum absolute atomic E-state index is 5.90. The molecule has 0 radical (unpaired) electrons. The zero-order valence-electron chi connectivity index (χ0n) is 24.9. The van der Waals surface area contributed by atoms with Crippen molar-refractivity contribution in [2.75, 3.05) is 45.4 Å². The van der Waals surface area contributed by atoms with Crippen LogP contribution in [0.2, 0.25) is 0 Å². The van der Waals surface area contributed by atoms with Crippen LogP contribution in [0.4, 0.5) is 5.69 Å². The number of unbranched alkanes of at least 4 members (excludes halogenated alkanes) is 5. The van der Waals surface area contributed by atoms with Gasteiger partial charge in [-0.2, -0.15) is 4.57 Å². The monoisotopic (exact) mass is 579 g/mol. The molecule has 0 spiro atoms. The Morgan fingerprint density at radius 3 is 2.54 bits per heavy atom. The van der Waals surface area contributed by atoms with Gasteiger partial charge in [-0.05, 0) is 87.0 Å². The third kappa shape index (κ3) is 6.39. The van der Waals surface area contributed by atoms with Gasteiger partial charge < -0.3 is 36.8 Å². The Labute approximate surface area is 251 Å². The molecule has 4 heterocycles. The number of fused-ring (bicyclic) bond motifs is 5. The largest absolute Gasteiger partial charge is 1.00 e. The van der Waals surface area contributed by atoms with Crippen LogP contribution in [0.15, 0.2) is 30.5 Å². The number of anilines is 1. The fourth-order valence-electron chi connectivity index (χ4n) is 6.87. The van der Waals surface area contributed by atoms with Crippen LogP contribution in [0.5, 0.6) is 17.2 Å². The van der Waals surface area contributed by atoms with Crippen LogP contribution in [-0.4, -0.2) is 45.0 Å². The maximum Gasteiger partial charge on any atom is 0.231 e. The first-order valence-corrected chi connectivity index (χ1v) is 15.7. The van der Waals surface area contributed by atoms with Crippen molar-refractivity contribution >= 4 is 16.5 Å². The summed E-state index contributed by atoms with van der Waals surface area (Å²) >= 11 is 0. The average molecular weight is 580 g/mol. The number of aryl methyl sites for hydroxylation is 3. The number of rotatable bonds is 13. The number of hydrogen-bond donors (Lipinski definition) is 1. The minimum atomic E-state index is 0. The molecule has 1 fully saturated rings. The van der Waals surface area contributed by atoms with E-state index in [0.29, 0.717) is 6.79 Å². The highest BCUT2D eigenvalue weighted by atomic mass is 35.5. The summed E-state index contributed by atoms with van der Waals surface area (Å²) in [5.41, 5.74) is 6.61. The van der Waals surface area contributed by atoms with E-state index in [0.717, 1.165) is 55.3 Å². The number of halogens is 1. The van der Waals surface area contributed by atoms with Gasteiger partial charge >= 0.3 is 0 Å². The molecule has 3 aromatic rings. The molecule has 0 unspecified atom stereocenters. The lowest BCUT2D eigenvalue weighted by molar-refractivity contribution is -0.686. The van der Waals surface area contributed by atoms with E-state index in [1.54, 1.807) is 7.11 Å². The van der Waals surface area contributed by atoms with E-state index in [1.165, 1.54) is 104 Å². The van der Waals surface area contributed by atoms with Crippen molar-refractivity contribution in [2.45, 2.75) is 84.1 Å². The predicted molar refractivity (Wildman–Crippen MR) is 162 cm³/mol. The van der Waals surface area contributed by atoms with Crippen molar-refractivity contribution in [2.24, 2.45) is 0 Å². The number of aromatic nitrogens is 1. The van der Waals surface area contributed by atoms with Crippen LogP contribution in [0.3, 0.4) is 0 Å². The number of pyridine rings is 1. The molecule has 0 aliphatic carbocycles. The summed E-state index contributed by atoms with van der Waals surface area (Å²) in [7, 11) is 1.79. The summed E-state index contributed by atoms with van der Waals surface area (Å²) in [6.45, 7) is 8.19. The lowest BCUT2D eigenvalue weighted by Gasteiger charge is -2.22. The van der Waals surface area contributed by atoms with E-state index >= 15 is 0 Å². The molecule has 3 aliphatic heterocycles. The first kappa shape index (κ1) is 29.8. The van der Waals surface area contributed by atoms with Gasteiger partial charge in [0, 0.05) is 18.5 Å². The summed E-state index contributed by atoms with van der Waals surface area (Å²) in [5, 5.41) is 6.42. The molecule has 0 saturated carbocycles. The first-order chi connectivity index (χ1) is 19.8. The third-order valence-corrected chi connectivity index (χ3v) is 9.02. The number of nitrogens with one attached hydrogen (secondary N) is 1. The molecule has 0 amide bonds. The second-order valence-corrected chi connectivity index (χ2v) is 11.7. The first-order valence-electron chi connectivity index (χ1n) is 15.7. The Balaban J connectivity index is 0.00000337. The quantitative estimate of drug-likeness (QED) is 0.246. The van der Waals surface area contributed by atoms with Crippen molar-refractivity contribution in [3.05, 3.63) is 41.6 Å². The van der Waals surface area contributed by atoms with Gasteiger partial charge in [0.05, 0.1) is 23.7 Å². The van der Waals surface area contributed by atoms with E-state index in [9.17, 15) is 0 Å². The molecular weight excluding hydrogens is 534 g/mol. The Morgan fingerprint density at radius 2 is 1.73 bits per heavy atom. The van der Waals surface area contributed by atoms with Crippen molar-refractivity contribution in [3.8, 4) is 28.5 Å². The molecular formula is C34H46ClN3O3. The fraction of sp³-hybridized carbons (Fsp3) is 0.559. The second kappa shape index (κ2) is 14.0. The molecule has 6 rings (SSSR count). The van der Waals surface area contributed by atoms with Gasteiger partial charge in [-0.15, -0.1) is 0 Å². The van der Waals surface area contributed by atoms with Gasteiger partial charge in [0.15, 0.2) is 24.2 Å². The molecule has 1 saturated heterocycles. The van der Waals surface area contributed by atoms with Crippen LogP contribution >= 0.6 is 0 Å². The lowest BCUT2D eigenvalue weighted by atomic mass is 9.89.